The Balaban J connectivity index is 1.49. The van der Waals surface area contributed by atoms with Gasteiger partial charge >= 0.3 is 6.18 Å². The predicted molar refractivity (Wildman–Crippen MR) is 140 cm³/mol. The minimum atomic E-state index is -5.27. The van der Waals surface area contributed by atoms with Gasteiger partial charge in [0.1, 0.15) is 30.5 Å². The molecule has 0 aliphatic carbocycles. The molecule has 2 aromatic carbocycles. The molecule has 1 aromatic heterocycles. The van der Waals surface area contributed by atoms with Gasteiger partial charge in [0.2, 0.25) is 5.60 Å². The van der Waals surface area contributed by atoms with Crippen LogP contribution in [0.25, 0.3) is 11.3 Å². The molecule has 0 fully saturated rings. The van der Waals surface area contributed by atoms with Crippen LogP contribution in [0.4, 0.5) is 23.2 Å². The Hall–Kier alpha value is -3.94. The number of nitrogens with two attached hydrogens (primary N) is 1. The van der Waals surface area contributed by atoms with Crippen molar-refractivity contribution in [2.45, 2.75) is 24.2 Å². The van der Waals surface area contributed by atoms with Gasteiger partial charge in [-0.05, 0) is 55.5 Å². The minimum absolute atomic E-state index is 0.0102. The third-order valence-electron chi connectivity index (χ3n) is 7.17. The van der Waals surface area contributed by atoms with Gasteiger partial charge in [-0.1, -0.05) is 0 Å². The molecule has 41 heavy (non-hydrogen) atoms. The molecule has 2 atom stereocenters. The largest absolute Gasteiger partial charge is 0.490 e. The van der Waals surface area contributed by atoms with E-state index in [1.54, 1.807) is 13.0 Å². The summed E-state index contributed by atoms with van der Waals surface area (Å²) >= 11 is 0. The number of rotatable bonds is 7. The number of benzene rings is 2. The molecule has 0 spiro atoms. The van der Waals surface area contributed by atoms with E-state index < -0.39 is 41.3 Å². The monoisotopic (exact) mass is 576 g/mol. The summed E-state index contributed by atoms with van der Waals surface area (Å²) in [5.74, 6) is -0.974. The maximum Gasteiger partial charge on any atom is 0.424 e. The second kappa shape index (κ2) is 10.5. The summed E-state index contributed by atoms with van der Waals surface area (Å²) in [7, 11) is 0. The summed E-state index contributed by atoms with van der Waals surface area (Å²) in [5, 5.41) is 22.6. The number of hydrogen-bond acceptors (Lipinski definition) is 8. The lowest BCUT2D eigenvalue weighted by Crippen LogP contribution is -2.51. The zero-order valence-electron chi connectivity index (χ0n) is 22.0. The summed E-state index contributed by atoms with van der Waals surface area (Å²) in [4.78, 5) is 18.9. The van der Waals surface area contributed by atoms with Gasteiger partial charge in [-0.25, -0.2) is 9.37 Å². The van der Waals surface area contributed by atoms with Crippen molar-refractivity contribution >= 4 is 11.6 Å². The Kier molecular flexibility index (Phi) is 7.30. The van der Waals surface area contributed by atoms with Crippen molar-refractivity contribution < 1.29 is 42.0 Å². The van der Waals surface area contributed by atoms with E-state index in [-0.39, 0.29) is 41.3 Å². The molecule has 13 heteroatoms. The fourth-order valence-corrected chi connectivity index (χ4v) is 4.84. The van der Waals surface area contributed by atoms with E-state index in [0.29, 0.717) is 31.1 Å². The molecular formula is C28H28F4N4O5. The van der Waals surface area contributed by atoms with Gasteiger partial charge in [-0.15, -0.1) is 0 Å². The number of pyridine rings is 1. The average molecular weight is 577 g/mol. The summed E-state index contributed by atoms with van der Waals surface area (Å²) in [6.07, 6.45) is -5.27. The highest BCUT2D eigenvalue weighted by molar-refractivity contribution is 5.95. The number of fused-ring (bicyclic) bond motifs is 2. The Morgan fingerprint density at radius 1 is 1.17 bits per heavy atom. The van der Waals surface area contributed by atoms with Gasteiger partial charge in [0, 0.05) is 23.2 Å². The van der Waals surface area contributed by atoms with Gasteiger partial charge in [0.25, 0.3) is 5.91 Å². The van der Waals surface area contributed by atoms with Crippen LogP contribution in [-0.4, -0.2) is 66.7 Å². The van der Waals surface area contributed by atoms with E-state index in [0.717, 1.165) is 18.2 Å². The molecule has 0 saturated carbocycles. The molecule has 1 amide bonds. The van der Waals surface area contributed by atoms with Crippen molar-refractivity contribution in [1.29, 1.82) is 0 Å². The third kappa shape index (κ3) is 5.27. The zero-order valence-corrected chi connectivity index (χ0v) is 22.0. The fourth-order valence-electron chi connectivity index (χ4n) is 4.84. The smallest absolute Gasteiger partial charge is 0.424 e. The number of aliphatic hydroxyl groups excluding tert-OH is 1. The van der Waals surface area contributed by atoms with Crippen molar-refractivity contribution in [1.82, 2.24) is 10.3 Å². The maximum atomic E-state index is 14.5. The number of amides is 1. The fraction of sp³-hybridized carbons (Fsp3) is 0.357. The van der Waals surface area contributed by atoms with E-state index >= 15 is 0 Å². The van der Waals surface area contributed by atoms with Crippen molar-refractivity contribution in [3.8, 4) is 22.8 Å². The van der Waals surface area contributed by atoms with Crippen LogP contribution in [0.5, 0.6) is 11.5 Å². The first kappa shape index (κ1) is 28.6. The highest BCUT2D eigenvalue weighted by atomic mass is 19.4. The van der Waals surface area contributed by atoms with Gasteiger partial charge < -0.3 is 35.6 Å². The topological polar surface area (TPSA) is 130 Å². The standard InChI is InChI=1S/C28H28F4N4O5/c1-26(33)15-41-24-19(26)13-22(35-23(24)16-2-5-18(29)6-3-16)27(39,28(30,31)32)14-34-25(38)17-4-7-20-21(12-17)40-11-9-36(20)8-10-37/h2-7,12-13,37,39H,8-11,14-15,33H2,1H3,(H,34,38). The number of carbonyl (C=O) groups excluding carboxylic acids is 1. The number of aromatic nitrogens is 1. The number of aliphatic hydroxyl groups is 2. The number of anilines is 1. The van der Waals surface area contributed by atoms with Crippen molar-refractivity contribution in [3.05, 3.63) is 71.2 Å². The predicted octanol–water partition coefficient (Wildman–Crippen LogP) is 2.83. The Labute approximate surface area is 232 Å². The minimum Gasteiger partial charge on any atom is -0.490 e. The lowest BCUT2D eigenvalue weighted by molar-refractivity contribution is -0.265. The van der Waals surface area contributed by atoms with Crippen LogP contribution in [0.15, 0.2) is 48.5 Å². The van der Waals surface area contributed by atoms with E-state index in [9.17, 15) is 32.6 Å². The Morgan fingerprint density at radius 3 is 2.59 bits per heavy atom. The number of nitrogens with zero attached hydrogens (tertiary/aromatic N) is 2. The number of halogens is 4. The molecular weight excluding hydrogens is 548 g/mol. The van der Waals surface area contributed by atoms with E-state index in [1.807, 2.05) is 4.90 Å². The van der Waals surface area contributed by atoms with Crippen LogP contribution < -0.4 is 25.4 Å². The molecule has 2 aliphatic rings. The lowest BCUT2D eigenvalue weighted by Gasteiger charge is -2.32. The molecule has 3 heterocycles. The highest BCUT2D eigenvalue weighted by Gasteiger charge is 2.57. The number of alkyl halides is 3. The lowest BCUT2D eigenvalue weighted by atomic mass is 9.89. The third-order valence-corrected chi connectivity index (χ3v) is 7.17. The molecule has 0 saturated heterocycles. The maximum absolute atomic E-state index is 14.5. The first-order valence-corrected chi connectivity index (χ1v) is 12.8. The molecule has 218 valence electrons. The molecule has 3 aromatic rings. The van der Waals surface area contributed by atoms with Crippen LogP contribution in [-0.2, 0) is 11.1 Å². The number of β-amino-alcohol motifs (C(OH)–C–C–N with tert-alkyl or cyclic N) is 1. The van der Waals surface area contributed by atoms with Gasteiger partial charge in [0.15, 0.2) is 5.75 Å². The van der Waals surface area contributed by atoms with E-state index in [2.05, 4.69) is 10.3 Å². The molecule has 5 N–H and O–H groups in total. The van der Waals surface area contributed by atoms with Crippen LogP contribution >= 0.6 is 0 Å². The van der Waals surface area contributed by atoms with Crippen LogP contribution in [0.1, 0.15) is 28.5 Å². The first-order chi connectivity index (χ1) is 19.3. The molecule has 5 rings (SSSR count). The quantitative estimate of drug-likeness (QED) is 0.316. The molecule has 2 aliphatic heterocycles. The number of hydrogen-bond donors (Lipinski definition) is 4. The van der Waals surface area contributed by atoms with Gasteiger partial charge in [-0.3, -0.25) is 4.79 Å². The number of carbonyl (C=O) groups is 1. The summed E-state index contributed by atoms with van der Waals surface area (Å²) in [6, 6.07) is 10.3. The Morgan fingerprint density at radius 2 is 1.90 bits per heavy atom. The first-order valence-electron chi connectivity index (χ1n) is 12.8. The van der Waals surface area contributed by atoms with Crippen LogP contribution in [0.3, 0.4) is 0 Å². The van der Waals surface area contributed by atoms with Crippen LogP contribution in [0, 0.1) is 5.82 Å². The van der Waals surface area contributed by atoms with Crippen molar-refractivity contribution in [3.63, 3.8) is 0 Å². The van der Waals surface area contributed by atoms with Crippen LogP contribution in [0.2, 0.25) is 0 Å². The highest BCUT2D eigenvalue weighted by Crippen LogP contribution is 2.46. The van der Waals surface area contributed by atoms with E-state index in [4.69, 9.17) is 15.2 Å². The van der Waals surface area contributed by atoms with Crippen molar-refractivity contribution in [2.24, 2.45) is 5.73 Å². The second-order valence-corrected chi connectivity index (χ2v) is 10.2. The number of ether oxygens (including phenoxy) is 2. The SMILES string of the molecule is CC1(N)COc2c1cc(C(O)(CNC(=O)c1ccc3c(c1)OCCN3CCO)C(F)(F)F)nc2-c1ccc(F)cc1. The molecule has 0 bridgehead atoms. The normalized spacial score (nSPS) is 19.5. The zero-order chi connectivity index (χ0) is 29.6. The summed E-state index contributed by atoms with van der Waals surface area (Å²) in [5.41, 5.74) is 1.68. The van der Waals surface area contributed by atoms with Gasteiger partial charge in [-0.2, -0.15) is 13.2 Å². The summed E-state index contributed by atoms with van der Waals surface area (Å²) in [6.45, 7) is 1.33. The molecule has 0 radical (unpaired) electrons. The van der Waals surface area contributed by atoms with Gasteiger partial charge in [0.05, 0.1) is 36.6 Å². The second-order valence-electron chi connectivity index (χ2n) is 10.2. The average Bonchev–Trinajstić information content (AvgIpc) is 3.25. The molecule has 9 nitrogen and oxygen atoms in total. The van der Waals surface area contributed by atoms with Crippen molar-refractivity contribution in [2.75, 3.05) is 44.4 Å². The molecule has 2 unspecified atom stereocenters. The van der Waals surface area contributed by atoms with E-state index in [1.165, 1.54) is 24.3 Å². The number of nitrogens with one attached hydrogen (secondary N) is 1. The summed E-state index contributed by atoms with van der Waals surface area (Å²) < 4.78 is 68.4. The Bertz CT molecular complexity index is 1470.